The Hall–Kier alpha value is -4.82. The van der Waals surface area contributed by atoms with Gasteiger partial charge in [0.15, 0.2) is 0 Å². The molecule has 0 radical (unpaired) electrons. The van der Waals surface area contributed by atoms with Crippen molar-refractivity contribution in [1.29, 1.82) is 0 Å². The van der Waals surface area contributed by atoms with E-state index >= 15 is 0 Å². The van der Waals surface area contributed by atoms with Crippen LogP contribution in [-0.2, 0) is 10.5 Å². The van der Waals surface area contributed by atoms with E-state index in [1.807, 2.05) is 141 Å². The second-order valence-corrected chi connectivity index (χ2v) is 11.9. The Bertz CT molecular complexity index is 1520. The summed E-state index contributed by atoms with van der Waals surface area (Å²) >= 11 is 3.57. The maximum atomic E-state index is 9.68. The maximum Gasteiger partial charge on any atom is 0.240 e. The van der Waals surface area contributed by atoms with Crippen molar-refractivity contribution in [2.75, 3.05) is 60.6 Å². The molecule has 7 N–H and O–H groups in total. The Kier molecular flexibility index (Phi) is 21.7. The number of anilines is 5. The molecule has 47 heavy (non-hydrogen) atoms. The molecule has 0 amide bonds. The van der Waals surface area contributed by atoms with Gasteiger partial charge in [0.1, 0.15) is 0 Å². The highest BCUT2D eigenvalue weighted by molar-refractivity contribution is 7.99. The molecule has 5 aromatic carbocycles. The number of benzene rings is 5. The zero-order valence-electron chi connectivity index (χ0n) is 28.0. The van der Waals surface area contributed by atoms with E-state index in [9.17, 15) is 4.79 Å². The van der Waals surface area contributed by atoms with E-state index < -0.39 is 0 Å². The van der Waals surface area contributed by atoms with Gasteiger partial charge >= 0.3 is 0 Å². The molecule has 0 spiro atoms. The van der Waals surface area contributed by atoms with Crippen LogP contribution in [-0.4, -0.2) is 39.2 Å². The normalized spacial score (nSPS) is 9.13. The lowest BCUT2D eigenvalue weighted by molar-refractivity contribution is 0.565. The number of carbonyl (C=O) groups excluding carboxylic acids is 1. The third-order valence-electron chi connectivity index (χ3n) is 5.99. The average molecular weight is 669 g/mol. The van der Waals surface area contributed by atoms with Crippen molar-refractivity contribution in [3.8, 4) is 0 Å². The van der Waals surface area contributed by atoms with E-state index in [1.54, 1.807) is 35.7 Å². The van der Waals surface area contributed by atoms with Crippen molar-refractivity contribution >= 4 is 63.7 Å². The van der Waals surface area contributed by atoms with Crippen molar-refractivity contribution in [2.45, 2.75) is 17.6 Å². The number of para-hydroxylation sites is 6. The molecule has 5 aromatic rings. The van der Waals surface area contributed by atoms with Crippen LogP contribution >= 0.6 is 23.5 Å². The number of hydrogen-bond donors (Lipinski definition) is 4. The first-order valence-electron chi connectivity index (χ1n) is 14.9. The van der Waals surface area contributed by atoms with Crippen molar-refractivity contribution in [3.63, 3.8) is 0 Å². The second kappa shape index (κ2) is 25.4. The van der Waals surface area contributed by atoms with Crippen molar-refractivity contribution in [3.05, 3.63) is 139 Å². The van der Waals surface area contributed by atoms with Crippen LogP contribution in [0.4, 0.5) is 34.1 Å². The molecule has 0 unspecified atom stereocenters. The highest BCUT2D eigenvalue weighted by Gasteiger charge is 1.97. The number of thioether (sulfide) groups is 2. The molecule has 0 heterocycles. The van der Waals surface area contributed by atoms with Crippen LogP contribution in [0.5, 0.6) is 0 Å². The van der Waals surface area contributed by atoms with Gasteiger partial charge in [0, 0.05) is 48.9 Å². The van der Waals surface area contributed by atoms with Gasteiger partial charge in [0.25, 0.3) is 0 Å². The molecule has 0 fully saturated rings. The summed E-state index contributed by atoms with van der Waals surface area (Å²) in [7, 11) is 5.87. The van der Waals surface area contributed by atoms with Gasteiger partial charge in [-0.25, -0.2) is 4.79 Å². The summed E-state index contributed by atoms with van der Waals surface area (Å²) in [5.74, 6) is 2.08. The number of nitrogens with zero attached hydrogens (tertiary/aromatic N) is 2. The SMILES string of the molecule is CCSc1ccccc1N.CN(C)c1ccccc1N.CNc1ccccc1.CSCc1ccccc1N.O=C=Nc1ccccc1. The monoisotopic (exact) mass is 668 g/mol. The van der Waals surface area contributed by atoms with Crippen LogP contribution in [0.1, 0.15) is 12.5 Å². The van der Waals surface area contributed by atoms with Gasteiger partial charge in [-0.2, -0.15) is 16.8 Å². The number of rotatable bonds is 7. The van der Waals surface area contributed by atoms with E-state index in [0.29, 0.717) is 5.69 Å². The largest absolute Gasteiger partial charge is 0.398 e. The first-order chi connectivity index (χ1) is 22.8. The Morgan fingerprint density at radius 2 is 1.21 bits per heavy atom. The lowest BCUT2D eigenvalue weighted by Gasteiger charge is -2.13. The van der Waals surface area contributed by atoms with Crippen molar-refractivity contribution in [1.82, 2.24) is 0 Å². The predicted molar refractivity (Wildman–Crippen MR) is 211 cm³/mol. The van der Waals surface area contributed by atoms with Gasteiger partial charge in [0.05, 0.1) is 17.1 Å². The summed E-state index contributed by atoms with van der Waals surface area (Å²) in [5, 5.41) is 3.03. The quantitative estimate of drug-likeness (QED) is 0.0586. The van der Waals surface area contributed by atoms with Crippen LogP contribution < -0.4 is 27.4 Å². The molecule has 0 atom stereocenters. The fraction of sp³-hybridized carbons (Fsp3) is 0.184. The third-order valence-corrected chi connectivity index (χ3v) is 7.56. The second-order valence-electron chi connectivity index (χ2n) is 9.71. The van der Waals surface area contributed by atoms with E-state index in [0.717, 1.165) is 39.9 Å². The molecule has 248 valence electrons. The van der Waals surface area contributed by atoms with Gasteiger partial charge in [-0.3, -0.25) is 0 Å². The smallest absolute Gasteiger partial charge is 0.240 e. The average Bonchev–Trinajstić information content (AvgIpc) is 3.09. The molecule has 0 saturated carbocycles. The number of hydrogen-bond acceptors (Lipinski definition) is 9. The Morgan fingerprint density at radius 3 is 1.66 bits per heavy atom. The van der Waals surface area contributed by atoms with E-state index in [4.69, 9.17) is 17.2 Å². The summed E-state index contributed by atoms with van der Waals surface area (Å²) < 4.78 is 0. The molecular weight excluding hydrogens is 621 g/mol. The van der Waals surface area contributed by atoms with Gasteiger partial charge < -0.3 is 27.4 Å². The van der Waals surface area contributed by atoms with Gasteiger partial charge in [0.2, 0.25) is 6.08 Å². The molecule has 0 aliphatic rings. The zero-order chi connectivity index (χ0) is 34.7. The standard InChI is InChI=1S/C8H12N2.2C8H11NS.C7H5NO.C7H9N/c1-10(2)8-6-4-3-5-7(8)9;1-10-6-7-4-2-3-5-8(7)9;1-2-10-8-6-4-3-5-7(8)9;9-6-8-7-4-2-1-3-5-7;1-8-7-5-3-2-4-6-7/h3-6H,9H2,1-2H3;2-5H,6,9H2,1H3;3-6H,2,9H2,1H3;1-5H;2-6,8H,1H3. The summed E-state index contributed by atoms with van der Waals surface area (Å²) in [6, 6.07) is 42.8. The fourth-order valence-corrected chi connectivity index (χ4v) is 4.94. The lowest BCUT2D eigenvalue weighted by atomic mass is 10.2. The summed E-state index contributed by atoms with van der Waals surface area (Å²) in [5.41, 5.74) is 23.8. The van der Waals surface area contributed by atoms with Gasteiger partial charge in [-0.15, -0.1) is 11.8 Å². The topological polar surface area (TPSA) is 123 Å². The fourth-order valence-electron chi connectivity index (χ4n) is 3.64. The Labute approximate surface area is 289 Å². The Morgan fingerprint density at radius 1 is 0.702 bits per heavy atom. The lowest BCUT2D eigenvalue weighted by Crippen LogP contribution is -2.10. The highest BCUT2D eigenvalue weighted by atomic mass is 32.2. The predicted octanol–water partition coefficient (Wildman–Crippen LogP) is 9.23. The first kappa shape index (κ1) is 40.2. The van der Waals surface area contributed by atoms with Crippen LogP contribution in [0.3, 0.4) is 0 Å². The number of nitrogen functional groups attached to an aromatic ring is 3. The number of nitrogens with two attached hydrogens (primary N) is 3. The number of aliphatic imine (C=N–C) groups is 1. The minimum atomic E-state index is 0.646. The number of nitrogens with one attached hydrogen (secondary N) is 1. The molecule has 0 aromatic heterocycles. The minimum absolute atomic E-state index is 0.646. The van der Waals surface area contributed by atoms with E-state index in [1.165, 1.54) is 16.5 Å². The van der Waals surface area contributed by atoms with Gasteiger partial charge in [-0.05, 0) is 72.2 Å². The van der Waals surface area contributed by atoms with Crippen LogP contribution in [0.25, 0.3) is 0 Å². The van der Waals surface area contributed by atoms with Crippen molar-refractivity contribution in [2.24, 2.45) is 4.99 Å². The first-order valence-corrected chi connectivity index (χ1v) is 17.3. The Balaban J connectivity index is 0.000000294. The van der Waals surface area contributed by atoms with Crippen LogP contribution in [0, 0.1) is 0 Å². The van der Waals surface area contributed by atoms with Crippen molar-refractivity contribution < 1.29 is 4.79 Å². The molecule has 0 saturated heterocycles. The molecule has 0 aliphatic heterocycles. The molecular formula is C38H48N6OS2. The van der Waals surface area contributed by atoms with E-state index in [2.05, 4.69) is 29.6 Å². The minimum Gasteiger partial charge on any atom is -0.398 e. The molecule has 9 heteroatoms. The number of isocyanates is 1. The molecule has 0 aliphatic carbocycles. The summed E-state index contributed by atoms with van der Waals surface area (Å²) in [4.78, 5) is 16.3. The van der Waals surface area contributed by atoms with E-state index in [-0.39, 0.29) is 0 Å². The molecule has 5 rings (SSSR count). The van der Waals surface area contributed by atoms with Crippen LogP contribution in [0.15, 0.2) is 143 Å². The summed E-state index contributed by atoms with van der Waals surface area (Å²) in [6.07, 6.45) is 3.53. The van der Waals surface area contributed by atoms with Gasteiger partial charge in [-0.1, -0.05) is 85.8 Å². The zero-order valence-corrected chi connectivity index (χ0v) is 29.6. The third kappa shape index (κ3) is 18.0. The maximum absolute atomic E-state index is 9.68. The van der Waals surface area contributed by atoms with Crippen LogP contribution in [0.2, 0.25) is 0 Å². The summed E-state index contributed by atoms with van der Waals surface area (Å²) in [6.45, 7) is 2.12. The molecule has 0 bridgehead atoms. The highest BCUT2D eigenvalue weighted by Crippen LogP contribution is 2.23. The molecule has 7 nitrogen and oxygen atoms in total.